The summed E-state index contributed by atoms with van der Waals surface area (Å²) in [4.78, 5) is 146. The lowest BCUT2D eigenvalue weighted by atomic mass is 9.82. The molecular formula is C56H77N11O10. The Labute approximate surface area is 450 Å². The quantitative estimate of drug-likeness (QED) is 0.0477. The first-order chi connectivity index (χ1) is 36.9. The smallest absolute Gasteiger partial charge is 0.289 e. The van der Waals surface area contributed by atoms with E-state index in [1.165, 1.54) is 17.3 Å². The van der Waals surface area contributed by atoms with E-state index in [0.717, 1.165) is 81.9 Å². The predicted octanol–water partition coefficient (Wildman–Crippen LogP) is 3.61. The highest BCUT2D eigenvalue weighted by molar-refractivity contribution is 6.38. The van der Waals surface area contributed by atoms with Crippen molar-refractivity contribution in [2.45, 2.75) is 186 Å². The molecule has 2 aromatic rings. The van der Waals surface area contributed by atoms with Gasteiger partial charge in [0, 0.05) is 55.5 Å². The van der Waals surface area contributed by atoms with E-state index < -0.39 is 82.8 Å². The number of rotatable bonds is 23. The summed E-state index contributed by atoms with van der Waals surface area (Å²) in [5, 5.41) is 20.1. The molecule has 0 radical (unpaired) electrons. The molecule has 3 saturated carbocycles. The van der Waals surface area contributed by atoms with Gasteiger partial charge in [0.2, 0.25) is 35.3 Å². The maximum absolute atomic E-state index is 14.9. The highest BCUT2D eigenvalue weighted by Crippen LogP contribution is 2.43. The summed E-state index contributed by atoms with van der Waals surface area (Å²) in [7, 11) is 0. The third kappa shape index (κ3) is 13.7. The van der Waals surface area contributed by atoms with Gasteiger partial charge >= 0.3 is 0 Å². The topological polar surface area (TPSA) is 287 Å². The van der Waals surface area contributed by atoms with E-state index in [2.05, 4.69) is 47.2 Å². The Balaban J connectivity index is 0.820. The summed E-state index contributed by atoms with van der Waals surface area (Å²) in [5.41, 5.74) is 1.32. The van der Waals surface area contributed by atoms with Crippen LogP contribution in [-0.4, -0.2) is 135 Å². The number of carbonyl (C=O) groups excluding carboxylic acids is 10. The van der Waals surface area contributed by atoms with E-state index in [1.54, 1.807) is 11.0 Å². The largest absolute Gasteiger partial charge is 0.385 e. The molecule has 7 N–H and O–H groups in total. The number of unbranched alkanes of at least 4 members (excludes halogenated alkanes) is 3. The summed E-state index contributed by atoms with van der Waals surface area (Å²) in [5.74, 6) is -5.28. The number of fused-ring (bicyclic) bond motifs is 2. The molecule has 8 rings (SSSR count). The van der Waals surface area contributed by atoms with Crippen LogP contribution in [0.5, 0.6) is 0 Å². The maximum Gasteiger partial charge on any atom is 0.289 e. The van der Waals surface area contributed by atoms with Gasteiger partial charge in [0.25, 0.3) is 23.6 Å². The fraction of sp³-hybridized carbons (Fsp3) is 0.643. The van der Waals surface area contributed by atoms with E-state index >= 15 is 0 Å². The average Bonchev–Trinajstić information content (AvgIpc) is 3.93. The first-order valence-corrected chi connectivity index (χ1v) is 28.1. The Hall–Kier alpha value is -6.80. The lowest BCUT2D eigenvalue weighted by Gasteiger charge is -2.38. The molecule has 2 saturated heterocycles. The van der Waals surface area contributed by atoms with Gasteiger partial charge in [0.1, 0.15) is 35.6 Å². The number of hydrogen-bond donors (Lipinski definition) is 7. The SMILES string of the molecule is CCCC(NC(=O)C1C2CCCC2CN1C(=O)C(NC(=O)C(NC(=O)c1cnc(C(=O)NCCCCCCNc2cccc3c2CN(C2CCC(=O)NC2=O)C3=O)cn1)C1CCCCC1)C(C)(C)C)C(=O)C(=O)NC1CC1. The van der Waals surface area contributed by atoms with Crippen molar-refractivity contribution in [1.82, 2.24) is 51.7 Å². The van der Waals surface area contributed by atoms with Crippen LogP contribution in [0.4, 0.5) is 5.69 Å². The van der Waals surface area contributed by atoms with E-state index in [1.807, 2.05) is 39.8 Å². The van der Waals surface area contributed by atoms with Crippen LogP contribution in [0.1, 0.15) is 180 Å². The molecule has 1 aromatic heterocycles. The van der Waals surface area contributed by atoms with Crippen LogP contribution < -0.4 is 37.2 Å². The molecule has 6 aliphatic rings. The van der Waals surface area contributed by atoms with Crippen molar-refractivity contribution < 1.29 is 47.9 Å². The molecular weight excluding hydrogens is 987 g/mol. The van der Waals surface area contributed by atoms with Gasteiger partial charge in [0.05, 0.1) is 18.4 Å². The van der Waals surface area contributed by atoms with Gasteiger partial charge in [-0.1, -0.05) is 78.7 Å². The van der Waals surface area contributed by atoms with Gasteiger partial charge in [-0.25, -0.2) is 9.97 Å². The van der Waals surface area contributed by atoms with Crippen molar-refractivity contribution in [3.8, 4) is 0 Å². The molecule has 5 fully saturated rings. The number of aromatic nitrogens is 2. The molecule has 7 unspecified atom stereocenters. The second kappa shape index (κ2) is 25.1. The van der Waals surface area contributed by atoms with Gasteiger partial charge < -0.3 is 41.7 Å². The molecule has 1 aromatic carbocycles. The van der Waals surface area contributed by atoms with Crippen LogP contribution in [0.15, 0.2) is 30.6 Å². The number of nitrogens with zero attached hydrogens (tertiary/aromatic N) is 4. The van der Waals surface area contributed by atoms with E-state index in [0.29, 0.717) is 57.3 Å². The number of benzene rings is 1. The number of imide groups is 1. The van der Waals surface area contributed by atoms with Crippen molar-refractivity contribution >= 4 is 64.6 Å². The number of anilines is 1. The van der Waals surface area contributed by atoms with Crippen LogP contribution in [0.2, 0.25) is 0 Å². The normalized spacial score (nSPS) is 22.5. The van der Waals surface area contributed by atoms with Crippen LogP contribution in [0, 0.1) is 23.2 Å². The van der Waals surface area contributed by atoms with Crippen molar-refractivity contribution in [1.29, 1.82) is 0 Å². The molecule has 3 aliphatic carbocycles. The molecule has 9 amide bonds. The van der Waals surface area contributed by atoms with Gasteiger partial charge in [-0.3, -0.25) is 53.3 Å². The van der Waals surface area contributed by atoms with Crippen molar-refractivity contribution in [3.05, 3.63) is 53.1 Å². The van der Waals surface area contributed by atoms with Gasteiger partial charge in [-0.2, -0.15) is 0 Å². The van der Waals surface area contributed by atoms with Crippen LogP contribution in [0.25, 0.3) is 0 Å². The van der Waals surface area contributed by atoms with Crippen LogP contribution in [0.3, 0.4) is 0 Å². The van der Waals surface area contributed by atoms with Gasteiger partial charge in [-0.15, -0.1) is 0 Å². The third-order valence-corrected chi connectivity index (χ3v) is 16.3. The zero-order chi connectivity index (χ0) is 55.0. The molecule has 0 spiro atoms. The Bertz CT molecular complexity index is 2570. The Kier molecular flexibility index (Phi) is 18.4. The standard InChI is InChI=1S/C56H77N11O10/c1-5-15-39(46(69)53(75)61-34-22-23-34)62-52(74)45-35-19-13-18-33(35)30-67(45)55(77)47(56(2,3)4)65-51(73)44(32-16-9-8-10-17-32)64-49(71)41-29-59-40(28-60-41)48(70)58-27-12-7-6-11-26-57-38-21-14-20-36-37(38)31-66(54(36)76)42-24-25-43(68)63-50(42)72/h14,20-21,28-29,32-35,39,42,44-45,47,57H,5-13,15-19,22-27,30-31H2,1-4H3,(H,58,70)(H,61,75)(H,62,74)(H,64,71)(H,65,73)(H,63,68,72). The molecule has 7 atom stereocenters. The summed E-state index contributed by atoms with van der Waals surface area (Å²) in [6.07, 6.45) is 15.1. The molecule has 3 aliphatic heterocycles. The Morgan fingerprint density at radius 2 is 1.51 bits per heavy atom. The minimum Gasteiger partial charge on any atom is -0.385 e. The highest BCUT2D eigenvalue weighted by atomic mass is 16.2. The minimum absolute atomic E-state index is 0.0218. The first-order valence-electron chi connectivity index (χ1n) is 28.1. The van der Waals surface area contributed by atoms with Gasteiger partial charge in [0.15, 0.2) is 0 Å². The fourth-order valence-electron chi connectivity index (χ4n) is 11.9. The number of likely N-dealkylation sites (tertiary alicyclic amines) is 1. The Morgan fingerprint density at radius 1 is 0.792 bits per heavy atom. The fourth-order valence-corrected chi connectivity index (χ4v) is 11.9. The van der Waals surface area contributed by atoms with Crippen LogP contribution >= 0.6 is 0 Å². The second-order valence-corrected chi connectivity index (χ2v) is 23.0. The first kappa shape index (κ1) is 56.4. The maximum atomic E-state index is 14.9. The number of Topliss-reactive ketones (excluding diaryl/α,β-unsaturated/α-hetero) is 1. The van der Waals surface area contributed by atoms with Crippen molar-refractivity contribution in [3.63, 3.8) is 0 Å². The molecule has 0 bridgehead atoms. The summed E-state index contributed by atoms with van der Waals surface area (Å²) in [6.45, 7) is 9.03. The summed E-state index contributed by atoms with van der Waals surface area (Å²) >= 11 is 0. The zero-order valence-corrected chi connectivity index (χ0v) is 45.0. The lowest BCUT2D eigenvalue weighted by Crippen LogP contribution is -2.62. The molecule has 77 heavy (non-hydrogen) atoms. The molecule has 21 heteroatoms. The number of carbonyl (C=O) groups is 10. The zero-order valence-electron chi connectivity index (χ0n) is 45.0. The lowest BCUT2D eigenvalue weighted by molar-refractivity contribution is -0.146. The average molecular weight is 1060 g/mol. The minimum atomic E-state index is -1.09. The number of amides is 9. The number of piperidine rings is 1. The van der Waals surface area contributed by atoms with E-state index in [4.69, 9.17) is 0 Å². The van der Waals surface area contributed by atoms with Crippen LogP contribution in [-0.2, 0) is 40.1 Å². The van der Waals surface area contributed by atoms with E-state index in [9.17, 15) is 47.9 Å². The summed E-state index contributed by atoms with van der Waals surface area (Å²) in [6, 6.07) is 0.735. The van der Waals surface area contributed by atoms with Crippen molar-refractivity contribution in [2.75, 3.05) is 25.0 Å². The molecule has 21 nitrogen and oxygen atoms in total. The Morgan fingerprint density at radius 3 is 2.18 bits per heavy atom. The molecule has 416 valence electrons. The monoisotopic (exact) mass is 1060 g/mol. The second-order valence-electron chi connectivity index (χ2n) is 23.0. The van der Waals surface area contributed by atoms with Crippen molar-refractivity contribution in [2.24, 2.45) is 23.2 Å². The number of ketones is 1. The number of nitrogens with one attached hydrogen (secondary N) is 7. The predicted molar refractivity (Wildman–Crippen MR) is 282 cm³/mol. The number of hydrogen-bond acceptors (Lipinski definition) is 13. The van der Waals surface area contributed by atoms with E-state index in [-0.39, 0.29) is 66.4 Å². The summed E-state index contributed by atoms with van der Waals surface area (Å²) < 4.78 is 0. The third-order valence-electron chi connectivity index (χ3n) is 16.3. The van der Waals surface area contributed by atoms with Gasteiger partial charge in [-0.05, 0) is 99.5 Å². The highest BCUT2D eigenvalue weighted by Gasteiger charge is 2.53. The molecule has 4 heterocycles.